The van der Waals surface area contributed by atoms with E-state index < -0.39 is 6.10 Å². The van der Waals surface area contributed by atoms with Gasteiger partial charge in [-0.1, -0.05) is 0 Å². The van der Waals surface area contributed by atoms with Crippen LogP contribution in [0.15, 0.2) is 38.9 Å². The summed E-state index contributed by atoms with van der Waals surface area (Å²) in [5.74, 6) is 0. The van der Waals surface area contributed by atoms with Crippen molar-refractivity contribution in [2.45, 2.75) is 12.5 Å². The summed E-state index contributed by atoms with van der Waals surface area (Å²) in [7, 11) is 0. The maximum absolute atomic E-state index is 10.0. The number of aliphatic hydroxyl groups is 1. The van der Waals surface area contributed by atoms with Gasteiger partial charge in [0.15, 0.2) is 0 Å². The van der Waals surface area contributed by atoms with E-state index in [4.69, 9.17) is 0 Å². The van der Waals surface area contributed by atoms with Gasteiger partial charge in [0.2, 0.25) is 0 Å². The summed E-state index contributed by atoms with van der Waals surface area (Å²) >= 11 is 8.38. The average Bonchev–Trinajstić information content (AvgIpc) is 2.64. The van der Waals surface area contributed by atoms with Crippen LogP contribution < -0.4 is 0 Å². The van der Waals surface area contributed by atoms with E-state index in [-0.39, 0.29) is 0 Å². The minimum absolute atomic E-state index is 0.504. The standard InChI is InChI=1S/C11H9Br2NOS/c12-8-1-7(4-14-5-8)11(15)3-10-2-9(13)6-16-10/h1-2,4-6,11,15H,3H2. The zero-order valence-electron chi connectivity index (χ0n) is 8.23. The van der Waals surface area contributed by atoms with Crippen molar-refractivity contribution in [3.05, 3.63) is 49.3 Å². The summed E-state index contributed by atoms with van der Waals surface area (Å²) in [4.78, 5) is 5.19. The Labute approximate surface area is 115 Å². The molecule has 0 spiro atoms. The highest BCUT2D eigenvalue weighted by Crippen LogP contribution is 2.26. The lowest BCUT2D eigenvalue weighted by molar-refractivity contribution is 0.179. The number of thiophene rings is 1. The summed E-state index contributed by atoms with van der Waals surface area (Å²) in [5, 5.41) is 12.1. The maximum Gasteiger partial charge on any atom is 0.0853 e. The SMILES string of the molecule is OC(Cc1cc(Br)cs1)c1cncc(Br)c1. The Morgan fingerprint density at radius 3 is 2.69 bits per heavy atom. The third kappa shape index (κ3) is 3.13. The monoisotopic (exact) mass is 361 g/mol. The summed E-state index contributed by atoms with van der Waals surface area (Å²) in [6, 6.07) is 3.92. The normalized spacial score (nSPS) is 12.7. The molecule has 0 radical (unpaired) electrons. The van der Waals surface area contributed by atoms with Gasteiger partial charge in [-0.15, -0.1) is 11.3 Å². The number of halogens is 2. The highest BCUT2D eigenvalue weighted by atomic mass is 79.9. The predicted octanol–water partition coefficient (Wildman–Crippen LogP) is 3.94. The molecule has 0 fully saturated rings. The first-order chi connectivity index (χ1) is 7.65. The van der Waals surface area contributed by atoms with Crippen molar-refractivity contribution in [3.8, 4) is 0 Å². The average molecular weight is 363 g/mol. The van der Waals surface area contributed by atoms with Crippen molar-refractivity contribution >= 4 is 43.2 Å². The Morgan fingerprint density at radius 1 is 1.25 bits per heavy atom. The number of hydrogen-bond donors (Lipinski definition) is 1. The first-order valence-corrected chi connectivity index (χ1v) is 7.13. The minimum atomic E-state index is -0.504. The van der Waals surface area contributed by atoms with E-state index in [0.29, 0.717) is 6.42 Å². The molecule has 0 amide bonds. The molecule has 16 heavy (non-hydrogen) atoms. The number of pyridine rings is 1. The molecular weight excluding hydrogens is 354 g/mol. The number of nitrogens with zero attached hydrogens (tertiary/aromatic N) is 1. The van der Waals surface area contributed by atoms with Crippen molar-refractivity contribution in [3.63, 3.8) is 0 Å². The van der Waals surface area contributed by atoms with Crippen LogP contribution in [-0.4, -0.2) is 10.1 Å². The molecule has 0 bridgehead atoms. The van der Waals surface area contributed by atoms with Crippen LogP contribution in [0.1, 0.15) is 16.5 Å². The maximum atomic E-state index is 10.0. The second-order valence-electron chi connectivity index (χ2n) is 3.39. The van der Waals surface area contributed by atoms with E-state index in [2.05, 4.69) is 36.8 Å². The van der Waals surface area contributed by atoms with E-state index >= 15 is 0 Å². The smallest absolute Gasteiger partial charge is 0.0853 e. The van der Waals surface area contributed by atoms with Gasteiger partial charge in [0.1, 0.15) is 0 Å². The Morgan fingerprint density at radius 2 is 2.06 bits per heavy atom. The van der Waals surface area contributed by atoms with Gasteiger partial charge in [-0.25, -0.2) is 0 Å². The summed E-state index contributed by atoms with van der Waals surface area (Å²) in [6.45, 7) is 0. The Hall–Kier alpha value is -0.230. The van der Waals surface area contributed by atoms with Crippen molar-refractivity contribution in [2.24, 2.45) is 0 Å². The first kappa shape index (κ1) is 12.2. The number of hydrogen-bond acceptors (Lipinski definition) is 3. The molecule has 2 aromatic heterocycles. The molecule has 0 aromatic carbocycles. The van der Waals surface area contributed by atoms with E-state index in [9.17, 15) is 5.11 Å². The van der Waals surface area contributed by atoms with Gasteiger partial charge in [-0.2, -0.15) is 0 Å². The molecule has 1 unspecified atom stereocenters. The van der Waals surface area contributed by atoms with E-state index in [1.54, 1.807) is 23.7 Å². The van der Waals surface area contributed by atoms with Gasteiger partial charge < -0.3 is 5.11 Å². The van der Waals surface area contributed by atoms with E-state index in [1.165, 1.54) is 0 Å². The zero-order chi connectivity index (χ0) is 11.5. The summed E-state index contributed by atoms with van der Waals surface area (Å²) < 4.78 is 1.95. The molecule has 0 saturated heterocycles. The van der Waals surface area contributed by atoms with E-state index in [0.717, 1.165) is 19.4 Å². The molecule has 0 aliphatic carbocycles. The van der Waals surface area contributed by atoms with Gasteiger partial charge in [-0.05, 0) is 44.0 Å². The molecule has 0 aliphatic rings. The van der Waals surface area contributed by atoms with Crippen LogP contribution in [0.5, 0.6) is 0 Å². The molecule has 2 rings (SSSR count). The van der Waals surface area contributed by atoms with Crippen molar-refractivity contribution in [1.82, 2.24) is 4.98 Å². The fourth-order valence-corrected chi connectivity index (χ4v) is 3.25. The number of aromatic nitrogens is 1. The molecule has 1 N–H and O–H groups in total. The quantitative estimate of drug-likeness (QED) is 0.896. The molecule has 5 heteroatoms. The fraction of sp³-hybridized carbons (Fsp3) is 0.182. The first-order valence-electron chi connectivity index (χ1n) is 4.66. The second-order valence-corrected chi connectivity index (χ2v) is 6.21. The molecule has 0 saturated carbocycles. The van der Waals surface area contributed by atoms with Crippen LogP contribution in [0.2, 0.25) is 0 Å². The van der Waals surface area contributed by atoms with Gasteiger partial charge in [-0.3, -0.25) is 4.98 Å². The predicted molar refractivity (Wildman–Crippen MR) is 72.6 cm³/mol. The summed E-state index contributed by atoms with van der Waals surface area (Å²) in [6.07, 6.45) is 3.51. The lowest BCUT2D eigenvalue weighted by Gasteiger charge is -2.09. The van der Waals surface area contributed by atoms with Crippen LogP contribution >= 0.6 is 43.2 Å². The van der Waals surface area contributed by atoms with Crippen molar-refractivity contribution in [2.75, 3.05) is 0 Å². The lowest BCUT2D eigenvalue weighted by Crippen LogP contribution is -2.00. The zero-order valence-corrected chi connectivity index (χ0v) is 12.2. The third-order valence-corrected chi connectivity index (χ3v) is 4.28. The highest BCUT2D eigenvalue weighted by molar-refractivity contribution is 9.10. The molecule has 1 atom stereocenters. The van der Waals surface area contributed by atoms with Crippen LogP contribution in [0, 0.1) is 0 Å². The molecule has 2 nitrogen and oxygen atoms in total. The molecular formula is C11H9Br2NOS. The van der Waals surface area contributed by atoms with Crippen molar-refractivity contribution in [1.29, 1.82) is 0 Å². The second kappa shape index (κ2) is 5.40. The van der Waals surface area contributed by atoms with Gasteiger partial charge in [0.25, 0.3) is 0 Å². The Kier molecular flexibility index (Phi) is 4.13. The van der Waals surface area contributed by atoms with Gasteiger partial charge in [0, 0.05) is 43.6 Å². The third-order valence-electron chi connectivity index (χ3n) is 2.13. The Bertz CT molecular complexity index is 486. The van der Waals surface area contributed by atoms with Gasteiger partial charge >= 0.3 is 0 Å². The van der Waals surface area contributed by atoms with Gasteiger partial charge in [0.05, 0.1) is 6.10 Å². The minimum Gasteiger partial charge on any atom is -0.388 e. The summed E-state index contributed by atoms with van der Waals surface area (Å²) in [5.41, 5.74) is 0.832. The van der Waals surface area contributed by atoms with Crippen molar-refractivity contribution < 1.29 is 5.11 Å². The van der Waals surface area contributed by atoms with Crippen LogP contribution in [0.4, 0.5) is 0 Å². The topological polar surface area (TPSA) is 33.1 Å². The highest BCUT2D eigenvalue weighted by Gasteiger charge is 2.10. The molecule has 0 aliphatic heterocycles. The van der Waals surface area contributed by atoms with Crippen LogP contribution in [0.25, 0.3) is 0 Å². The van der Waals surface area contributed by atoms with E-state index in [1.807, 2.05) is 17.5 Å². The number of aliphatic hydroxyl groups excluding tert-OH is 1. The molecule has 2 heterocycles. The van der Waals surface area contributed by atoms with Crippen LogP contribution in [0.3, 0.4) is 0 Å². The largest absolute Gasteiger partial charge is 0.388 e. The Balaban J connectivity index is 2.11. The molecule has 2 aromatic rings. The van der Waals surface area contributed by atoms with Crippen LogP contribution in [-0.2, 0) is 6.42 Å². The fourth-order valence-electron chi connectivity index (χ4n) is 1.38. The molecule has 84 valence electrons. The lowest BCUT2D eigenvalue weighted by atomic mass is 10.1. The number of rotatable bonds is 3.